The fourth-order valence-corrected chi connectivity index (χ4v) is 4.55. The molecule has 1 aromatic carbocycles. The Labute approximate surface area is 173 Å². The van der Waals surface area contributed by atoms with Gasteiger partial charge in [0.15, 0.2) is 0 Å². The molecule has 1 aliphatic heterocycles. The molecule has 6 heteroatoms. The molecule has 2 N–H and O–H groups in total. The summed E-state index contributed by atoms with van der Waals surface area (Å²) in [5, 5.41) is 5.57. The third-order valence-corrected chi connectivity index (χ3v) is 5.91. The highest BCUT2D eigenvalue weighted by Gasteiger charge is 2.37. The minimum Gasteiger partial charge on any atom is -0.336 e. The van der Waals surface area contributed by atoms with Gasteiger partial charge in [-0.3, -0.25) is 9.59 Å². The van der Waals surface area contributed by atoms with Crippen molar-refractivity contribution in [1.29, 1.82) is 0 Å². The molecule has 1 saturated heterocycles. The van der Waals surface area contributed by atoms with E-state index in [1.807, 2.05) is 18.7 Å². The highest BCUT2D eigenvalue weighted by Crippen LogP contribution is 2.32. The summed E-state index contributed by atoms with van der Waals surface area (Å²) >= 11 is 0. The van der Waals surface area contributed by atoms with Gasteiger partial charge in [0.25, 0.3) is 5.91 Å². The Hall–Kier alpha value is -2.37. The summed E-state index contributed by atoms with van der Waals surface area (Å²) in [4.78, 5) is 39.9. The second-order valence-electron chi connectivity index (χ2n) is 8.57. The first-order valence-corrected chi connectivity index (χ1v) is 11.0. The summed E-state index contributed by atoms with van der Waals surface area (Å²) in [5.41, 5.74) is 1.15. The maximum absolute atomic E-state index is 13.4. The van der Waals surface area contributed by atoms with E-state index in [4.69, 9.17) is 0 Å². The number of likely N-dealkylation sites (tertiary alicyclic amines) is 1. The van der Waals surface area contributed by atoms with Gasteiger partial charge in [0.05, 0.1) is 0 Å². The van der Waals surface area contributed by atoms with E-state index in [1.165, 1.54) is 0 Å². The zero-order valence-electron chi connectivity index (χ0n) is 17.6. The van der Waals surface area contributed by atoms with Gasteiger partial charge in [0.1, 0.15) is 5.78 Å². The predicted octanol–water partition coefficient (Wildman–Crippen LogP) is 4.36. The monoisotopic (exact) mass is 399 g/mol. The fraction of sp³-hybridized carbons (Fsp3) is 0.609. The van der Waals surface area contributed by atoms with E-state index < -0.39 is 0 Å². The van der Waals surface area contributed by atoms with Crippen LogP contribution in [0, 0.1) is 5.92 Å². The van der Waals surface area contributed by atoms with E-state index in [0.717, 1.165) is 44.9 Å². The Morgan fingerprint density at radius 2 is 1.86 bits per heavy atom. The van der Waals surface area contributed by atoms with Crippen LogP contribution in [0.4, 0.5) is 10.5 Å². The van der Waals surface area contributed by atoms with E-state index in [0.29, 0.717) is 30.0 Å². The van der Waals surface area contributed by atoms with Crippen molar-refractivity contribution in [3.63, 3.8) is 0 Å². The van der Waals surface area contributed by atoms with Crippen LogP contribution in [0.2, 0.25) is 0 Å². The largest absolute Gasteiger partial charge is 0.336 e. The van der Waals surface area contributed by atoms with Crippen molar-refractivity contribution in [1.82, 2.24) is 10.2 Å². The van der Waals surface area contributed by atoms with E-state index >= 15 is 0 Å². The average Bonchev–Trinajstić information content (AvgIpc) is 2.93. The van der Waals surface area contributed by atoms with Gasteiger partial charge in [-0.05, 0) is 57.7 Å². The van der Waals surface area contributed by atoms with Gasteiger partial charge < -0.3 is 15.5 Å². The molecule has 0 unspecified atom stereocenters. The summed E-state index contributed by atoms with van der Waals surface area (Å²) in [6.45, 7) is 4.48. The molecule has 1 heterocycles. The lowest BCUT2D eigenvalue weighted by Crippen LogP contribution is -2.47. The minimum atomic E-state index is -0.287. The molecule has 1 saturated carbocycles. The summed E-state index contributed by atoms with van der Waals surface area (Å²) in [6, 6.07) is 6.83. The summed E-state index contributed by atoms with van der Waals surface area (Å²) in [7, 11) is 0. The lowest BCUT2D eigenvalue weighted by atomic mass is 9.80. The standard InChI is InChI=1S/C23H33N3O3/c1-16(2)24-23(29)25-18-10-8-9-17(15-18)22(28)26-14-7-3-4-12-20(26)19-11-5-6-13-21(19)27/h8-10,15-16,19-20H,3-7,11-14H2,1-2H3,(H2,24,25,29)/t19-,20+/m0/s1. The zero-order chi connectivity index (χ0) is 20.8. The molecule has 0 spiro atoms. The molecule has 2 aliphatic rings. The van der Waals surface area contributed by atoms with E-state index in [1.54, 1.807) is 24.3 Å². The van der Waals surface area contributed by atoms with Gasteiger partial charge in [0, 0.05) is 42.2 Å². The number of nitrogens with zero attached hydrogens (tertiary/aromatic N) is 1. The Bertz CT molecular complexity index is 747. The SMILES string of the molecule is CC(C)NC(=O)Nc1cccc(C(=O)N2CCCCC[C@@H]2[C@@H]2CCCCC2=O)c1. The first-order chi connectivity index (χ1) is 14.0. The Balaban J connectivity index is 1.78. The van der Waals surface area contributed by atoms with Crippen molar-refractivity contribution in [2.45, 2.75) is 77.3 Å². The second kappa shape index (κ2) is 9.90. The normalized spacial score (nSPS) is 22.9. The van der Waals surface area contributed by atoms with E-state index in [9.17, 15) is 14.4 Å². The van der Waals surface area contributed by atoms with Crippen molar-refractivity contribution in [2.75, 3.05) is 11.9 Å². The highest BCUT2D eigenvalue weighted by molar-refractivity contribution is 5.97. The van der Waals surface area contributed by atoms with Gasteiger partial charge >= 0.3 is 6.03 Å². The lowest BCUT2D eigenvalue weighted by Gasteiger charge is -2.37. The van der Waals surface area contributed by atoms with Crippen LogP contribution in [0.3, 0.4) is 0 Å². The highest BCUT2D eigenvalue weighted by atomic mass is 16.2. The Kier molecular flexibility index (Phi) is 7.29. The van der Waals surface area contributed by atoms with Gasteiger partial charge in [0.2, 0.25) is 0 Å². The third-order valence-electron chi connectivity index (χ3n) is 5.91. The molecular weight excluding hydrogens is 366 g/mol. The number of amides is 3. The van der Waals surface area contributed by atoms with Crippen LogP contribution in [0.25, 0.3) is 0 Å². The molecule has 0 radical (unpaired) electrons. The number of benzene rings is 1. The number of carbonyl (C=O) groups excluding carboxylic acids is 3. The average molecular weight is 400 g/mol. The van der Waals surface area contributed by atoms with Gasteiger partial charge in [-0.15, -0.1) is 0 Å². The number of hydrogen-bond donors (Lipinski definition) is 2. The molecule has 158 valence electrons. The predicted molar refractivity (Wildman–Crippen MR) is 114 cm³/mol. The molecule has 29 heavy (non-hydrogen) atoms. The minimum absolute atomic E-state index is 0.00125. The second-order valence-corrected chi connectivity index (χ2v) is 8.57. The van der Waals surface area contributed by atoms with Gasteiger partial charge in [-0.1, -0.05) is 25.3 Å². The van der Waals surface area contributed by atoms with Crippen molar-refractivity contribution >= 4 is 23.4 Å². The van der Waals surface area contributed by atoms with Crippen molar-refractivity contribution in [3.05, 3.63) is 29.8 Å². The molecule has 3 rings (SSSR count). The van der Waals surface area contributed by atoms with E-state index in [-0.39, 0.29) is 29.9 Å². The number of Topliss-reactive ketones (excluding diaryl/α,β-unsaturated/α-hetero) is 1. The molecule has 0 bridgehead atoms. The van der Waals surface area contributed by atoms with Crippen LogP contribution in [0.5, 0.6) is 0 Å². The van der Waals surface area contributed by atoms with Gasteiger partial charge in [-0.25, -0.2) is 4.79 Å². The molecule has 6 nitrogen and oxygen atoms in total. The molecule has 1 aromatic rings. The first kappa shape index (κ1) is 21.3. The van der Waals surface area contributed by atoms with Crippen LogP contribution in [-0.2, 0) is 4.79 Å². The lowest BCUT2D eigenvalue weighted by molar-refractivity contribution is -0.126. The number of ketones is 1. The van der Waals surface area contributed by atoms with E-state index in [2.05, 4.69) is 10.6 Å². The fourth-order valence-electron chi connectivity index (χ4n) is 4.55. The molecule has 2 atom stereocenters. The van der Waals surface area contributed by atoms with Crippen LogP contribution in [-0.4, -0.2) is 41.2 Å². The van der Waals surface area contributed by atoms with Crippen LogP contribution in [0.15, 0.2) is 24.3 Å². The van der Waals surface area contributed by atoms with Gasteiger partial charge in [-0.2, -0.15) is 0 Å². The van der Waals surface area contributed by atoms with Crippen LogP contribution >= 0.6 is 0 Å². The number of nitrogens with one attached hydrogen (secondary N) is 2. The molecular formula is C23H33N3O3. The number of rotatable bonds is 4. The molecule has 2 fully saturated rings. The molecule has 0 aromatic heterocycles. The number of anilines is 1. The first-order valence-electron chi connectivity index (χ1n) is 11.0. The van der Waals surface area contributed by atoms with Crippen LogP contribution < -0.4 is 10.6 Å². The van der Waals surface area contributed by atoms with Crippen molar-refractivity contribution in [2.24, 2.45) is 5.92 Å². The molecule has 3 amide bonds. The van der Waals surface area contributed by atoms with Crippen molar-refractivity contribution in [3.8, 4) is 0 Å². The summed E-state index contributed by atoms with van der Waals surface area (Å²) in [5.74, 6) is 0.258. The third kappa shape index (κ3) is 5.58. The van der Waals surface area contributed by atoms with Crippen molar-refractivity contribution < 1.29 is 14.4 Å². The summed E-state index contributed by atoms with van der Waals surface area (Å²) < 4.78 is 0. The smallest absolute Gasteiger partial charge is 0.319 e. The number of hydrogen-bond acceptors (Lipinski definition) is 3. The number of carbonyl (C=O) groups is 3. The maximum Gasteiger partial charge on any atom is 0.319 e. The summed E-state index contributed by atoms with van der Waals surface area (Å²) in [6.07, 6.45) is 7.61. The Morgan fingerprint density at radius 3 is 2.62 bits per heavy atom. The quantitative estimate of drug-likeness (QED) is 0.789. The molecule has 1 aliphatic carbocycles. The van der Waals surface area contributed by atoms with Crippen LogP contribution in [0.1, 0.15) is 75.6 Å². The topological polar surface area (TPSA) is 78.5 Å². The zero-order valence-corrected chi connectivity index (χ0v) is 17.6. The number of urea groups is 1. The Morgan fingerprint density at radius 1 is 1.07 bits per heavy atom. The maximum atomic E-state index is 13.4.